The number of hydrogen-bond donors (Lipinski definition) is 2. The average molecular weight is 377 g/mol. The van der Waals surface area contributed by atoms with E-state index in [1.54, 1.807) is 22.3 Å². The Hall–Kier alpha value is -3.12. The normalized spacial score (nSPS) is 13.1. The minimum Gasteiger partial charge on any atom is -0.366 e. The summed E-state index contributed by atoms with van der Waals surface area (Å²) in [5.41, 5.74) is 9.13. The van der Waals surface area contributed by atoms with E-state index in [2.05, 4.69) is 17.4 Å². The molecule has 3 amide bonds. The number of anilines is 1. The van der Waals surface area contributed by atoms with E-state index in [0.717, 1.165) is 26.6 Å². The second-order valence-corrected chi connectivity index (χ2v) is 7.56. The highest BCUT2D eigenvalue weighted by molar-refractivity contribution is 7.19. The largest absolute Gasteiger partial charge is 0.366 e. The van der Waals surface area contributed by atoms with Gasteiger partial charge in [-0.2, -0.15) is 0 Å². The lowest BCUT2D eigenvalue weighted by atomic mass is 9.97. The van der Waals surface area contributed by atoms with Crippen LogP contribution < -0.4 is 11.1 Å². The first-order valence-electron chi connectivity index (χ1n) is 8.73. The molecule has 6 heteroatoms. The van der Waals surface area contributed by atoms with Gasteiger partial charge < -0.3 is 10.6 Å². The van der Waals surface area contributed by atoms with E-state index in [1.165, 1.54) is 0 Å². The first-order chi connectivity index (χ1) is 13.1. The lowest BCUT2D eigenvalue weighted by molar-refractivity contribution is 0.1000. The molecule has 2 heterocycles. The zero-order valence-corrected chi connectivity index (χ0v) is 15.5. The third kappa shape index (κ3) is 3.71. The van der Waals surface area contributed by atoms with Crippen LogP contribution in [0.3, 0.4) is 0 Å². The van der Waals surface area contributed by atoms with E-state index < -0.39 is 5.91 Å². The molecule has 0 bridgehead atoms. The fourth-order valence-electron chi connectivity index (χ4n) is 3.23. The Morgan fingerprint density at radius 2 is 1.81 bits per heavy atom. The summed E-state index contributed by atoms with van der Waals surface area (Å²) in [5.74, 6) is -0.426. The number of nitrogens with zero attached hydrogens (tertiary/aromatic N) is 1. The SMILES string of the molecule is NC(=O)c1ccc2c(c1)CCN(C(=O)Nc1ccc(-c3ccccc3)s1)C2. The number of amides is 3. The Bertz CT molecular complexity index is 998. The standard InChI is InChI=1S/C21H19N3O2S/c22-20(25)16-6-7-17-13-24(11-10-15(17)12-16)21(26)23-19-9-8-18(27-19)14-4-2-1-3-5-14/h1-9,12H,10-11,13H2,(H2,22,25)(H,23,26). The van der Waals surface area contributed by atoms with E-state index in [0.29, 0.717) is 25.1 Å². The minimum atomic E-state index is -0.426. The van der Waals surface area contributed by atoms with Crippen LogP contribution in [0.4, 0.5) is 9.80 Å². The van der Waals surface area contributed by atoms with Gasteiger partial charge in [-0.3, -0.25) is 10.1 Å². The molecule has 4 rings (SSSR count). The van der Waals surface area contributed by atoms with E-state index in [9.17, 15) is 9.59 Å². The molecule has 0 saturated heterocycles. The van der Waals surface area contributed by atoms with Crippen molar-refractivity contribution < 1.29 is 9.59 Å². The van der Waals surface area contributed by atoms with Gasteiger partial charge in [0.05, 0.1) is 5.00 Å². The zero-order chi connectivity index (χ0) is 18.8. The molecule has 5 nitrogen and oxygen atoms in total. The van der Waals surface area contributed by atoms with Crippen molar-refractivity contribution in [1.29, 1.82) is 0 Å². The van der Waals surface area contributed by atoms with Crippen molar-refractivity contribution >= 4 is 28.3 Å². The van der Waals surface area contributed by atoms with E-state index in [1.807, 2.05) is 42.5 Å². The summed E-state index contributed by atoms with van der Waals surface area (Å²) in [7, 11) is 0. The summed E-state index contributed by atoms with van der Waals surface area (Å²) in [6.07, 6.45) is 0.712. The molecule has 0 saturated carbocycles. The van der Waals surface area contributed by atoms with Gasteiger partial charge in [-0.15, -0.1) is 11.3 Å². The number of fused-ring (bicyclic) bond motifs is 1. The Balaban J connectivity index is 1.44. The van der Waals surface area contributed by atoms with Gasteiger partial charge in [0.25, 0.3) is 0 Å². The number of rotatable bonds is 3. The molecule has 3 N–H and O–H groups in total. The summed E-state index contributed by atoms with van der Waals surface area (Å²) < 4.78 is 0. The second kappa shape index (κ2) is 7.25. The number of thiophene rings is 1. The van der Waals surface area contributed by atoms with Crippen LogP contribution in [-0.2, 0) is 13.0 Å². The summed E-state index contributed by atoms with van der Waals surface area (Å²) >= 11 is 1.56. The zero-order valence-electron chi connectivity index (χ0n) is 14.6. The molecule has 27 heavy (non-hydrogen) atoms. The third-order valence-corrected chi connectivity index (χ3v) is 5.73. The maximum absolute atomic E-state index is 12.6. The van der Waals surface area contributed by atoms with E-state index in [4.69, 9.17) is 5.73 Å². The van der Waals surface area contributed by atoms with Gasteiger partial charge in [-0.25, -0.2) is 4.79 Å². The summed E-state index contributed by atoms with van der Waals surface area (Å²) in [5, 5.41) is 3.82. The number of nitrogens with one attached hydrogen (secondary N) is 1. The molecule has 1 aliphatic rings. The van der Waals surface area contributed by atoms with Crippen LogP contribution in [0.2, 0.25) is 0 Å². The highest BCUT2D eigenvalue weighted by Crippen LogP contribution is 2.31. The predicted molar refractivity (Wildman–Crippen MR) is 108 cm³/mol. The summed E-state index contributed by atoms with van der Waals surface area (Å²) in [4.78, 5) is 26.9. The number of urea groups is 1. The minimum absolute atomic E-state index is 0.110. The highest BCUT2D eigenvalue weighted by atomic mass is 32.1. The van der Waals surface area contributed by atoms with Crippen molar-refractivity contribution in [3.05, 3.63) is 77.4 Å². The quantitative estimate of drug-likeness (QED) is 0.721. The van der Waals surface area contributed by atoms with Crippen LogP contribution in [0.15, 0.2) is 60.7 Å². The first-order valence-corrected chi connectivity index (χ1v) is 9.54. The fraction of sp³-hybridized carbons (Fsp3) is 0.143. The summed E-state index contributed by atoms with van der Waals surface area (Å²) in [6, 6.07) is 19.4. The average Bonchev–Trinajstić information content (AvgIpc) is 3.16. The molecule has 2 aromatic carbocycles. The van der Waals surface area contributed by atoms with Gasteiger partial charge in [0.15, 0.2) is 0 Å². The van der Waals surface area contributed by atoms with Crippen molar-refractivity contribution in [1.82, 2.24) is 4.90 Å². The Kier molecular flexibility index (Phi) is 4.64. The molecule has 0 fully saturated rings. The second-order valence-electron chi connectivity index (χ2n) is 6.48. The number of benzene rings is 2. The molecule has 1 aliphatic heterocycles. The molecule has 3 aromatic rings. The Morgan fingerprint density at radius 3 is 2.59 bits per heavy atom. The van der Waals surface area contributed by atoms with Crippen molar-refractivity contribution in [3.8, 4) is 10.4 Å². The summed E-state index contributed by atoms with van der Waals surface area (Å²) in [6.45, 7) is 1.13. The van der Waals surface area contributed by atoms with Crippen molar-refractivity contribution in [2.45, 2.75) is 13.0 Å². The van der Waals surface area contributed by atoms with Gasteiger partial charge in [-0.05, 0) is 47.4 Å². The number of nitrogens with two attached hydrogens (primary N) is 1. The Labute approximate surface area is 161 Å². The first kappa shape index (κ1) is 17.3. The molecule has 1 aromatic heterocycles. The Morgan fingerprint density at radius 1 is 1.00 bits per heavy atom. The van der Waals surface area contributed by atoms with Gasteiger partial charge in [0, 0.05) is 23.5 Å². The highest BCUT2D eigenvalue weighted by Gasteiger charge is 2.22. The van der Waals surface area contributed by atoms with Gasteiger partial charge in [0.1, 0.15) is 0 Å². The van der Waals surface area contributed by atoms with Gasteiger partial charge in [0.2, 0.25) is 5.91 Å². The van der Waals surface area contributed by atoms with Crippen LogP contribution in [0.5, 0.6) is 0 Å². The van der Waals surface area contributed by atoms with Crippen molar-refractivity contribution in [2.75, 3.05) is 11.9 Å². The molecular formula is C21H19N3O2S. The van der Waals surface area contributed by atoms with E-state index >= 15 is 0 Å². The van der Waals surface area contributed by atoms with Crippen LogP contribution >= 0.6 is 11.3 Å². The van der Waals surface area contributed by atoms with Gasteiger partial charge >= 0.3 is 6.03 Å². The predicted octanol–water partition coefficient (Wildman–Crippen LogP) is 4.10. The number of primary amides is 1. The lowest BCUT2D eigenvalue weighted by Crippen LogP contribution is -2.38. The molecule has 0 atom stereocenters. The molecule has 0 unspecified atom stereocenters. The van der Waals surface area contributed by atoms with Gasteiger partial charge in [-0.1, -0.05) is 36.4 Å². The third-order valence-electron chi connectivity index (χ3n) is 4.68. The van der Waals surface area contributed by atoms with Crippen LogP contribution in [0.1, 0.15) is 21.5 Å². The van der Waals surface area contributed by atoms with Crippen molar-refractivity contribution in [2.24, 2.45) is 5.73 Å². The topological polar surface area (TPSA) is 75.4 Å². The van der Waals surface area contributed by atoms with Crippen LogP contribution in [-0.4, -0.2) is 23.4 Å². The maximum Gasteiger partial charge on any atom is 0.322 e. The van der Waals surface area contributed by atoms with Crippen LogP contribution in [0.25, 0.3) is 10.4 Å². The lowest BCUT2D eigenvalue weighted by Gasteiger charge is -2.29. The molecule has 0 spiro atoms. The fourth-order valence-corrected chi connectivity index (χ4v) is 4.13. The smallest absolute Gasteiger partial charge is 0.322 e. The van der Waals surface area contributed by atoms with E-state index in [-0.39, 0.29) is 6.03 Å². The molecule has 0 radical (unpaired) electrons. The number of carbonyl (C=O) groups excluding carboxylic acids is 2. The van der Waals surface area contributed by atoms with Crippen LogP contribution in [0, 0.1) is 0 Å². The number of carbonyl (C=O) groups is 2. The number of hydrogen-bond acceptors (Lipinski definition) is 3. The molecule has 136 valence electrons. The van der Waals surface area contributed by atoms with Crippen molar-refractivity contribution in [3.63, 3.8) is 0 Å². The maximum atomic E-state index is 12.6. The monoisotopic (exact) mass is 377 g/mol. The molecular weight excluding hydrogens is 358 g/mol. The molecule has 0 aliphatic carbocycles.